The van der Waals surface area contributed by atoms with E-state index in [1.807, 2.05) is 19.0 Å². The van der Waals surface area contributed by atoms with Gasteiger partial charge in [-0.2, -0.15) is 4.31 Å². The number of aliphatic hydroxyl groups excluding tert-OH is 1. The molecule has 9 nitrogen and oxygen atoms in total. The monoisotopic (exact) mass is 436 g/mol. The first-order valence-electron chi connectivity index (χ1n) is 8.39. The predicted octanol–water partition coefficient (Wildman–Crippen LogP) is 1.06. The van der Waals surface area contributed by atoms with E-state index < -0.39 is 16.0 Å². The predicted molar refractivity (Wildman–Crippen MR) is 103 cm³/mol. The largest absolute Gasteiger partial charge is 0.483 e. The average molecular weight is 437 g/mol. The van der Waals surface area contributed by atoms with Crippen LogP contribution in [0.1, 0.15) is 23.2 Å². The molecular weight excluding hydrogens is 412 g/mol. The van der Waals surface area contributed by atoms with E-state index >= 15 is 0 Å². The molecule has 0 spiro atoms. The molecule has 0 bridgehead atoms. The maximum atomic E-state index is 12.9. The van der Waals surface area contributed by atoms with Crippen LogP contribution in [0.5, 0.6) is 0 Å². The minimum Gasteiger partial charge on any atom is -0.483 e. The van der Waals surface area contributed by atoms with Gasteiger partial charge in [-0.1, -0.05) is 11.6 Å². The zero-order valence-electron chi connectivity index (χ0n) is 15.7. The summed E-state index contributed by atoms with van der Waals surface area (Å²) in [4.78, 5) is 21.3. The van der Waals surface area contributed by atoms with Crippen LogP contribution in [0, 0.1) is 5.41 Å². The van der Waals surface area contributed by atoms with Crippen molar-refractivity contribution < 1.29 is 33.3 Å². The van der Waals surface area contributed by atoms with Crippen LogP contribution in [-0.2, 0) is 14.8 Å². The molecule has 1 aliphatic heterocycles. The zero-order valence-corrected chi connectivity index (χ0v) is 17.3. The molecule has 0 amide bonds. The number of hydrogen-bond acceptors (Lipinski definition) is 6. The fourth-order valence-corrected chi connectivity index (χ4v) is 5.15. The van der Waals surface area contributed by atoms with E-state index in [1.165, 1.54) is 16.4 Å². The Kier molecular flexibility index (Phi) is 8.83. The molecule has 0 unspecified atom stereocenters. The van der Waals surface area contributed by atoms with Gasteiger partial charge in [0.2, 0.25) is 10.0 Å². The fraction of sp³-hybridized carbons (Fsp3) is 0.529. The first-order chi connectivity index (χ1) is 13.0. The van der Waals surface area contributed by atoms with Gasteiger partial charge >= 0.3 is 5.97 Å². The Morgan fingerprint density at radius 1 is 1.32 bits per heavy atom. The van der Waals surface area contributed by atoms with Gasteiger partial charge in [-0.05, 0) is 45.1 Å². The Morgan fingerprint density at radius 3 is 2.29 bits per heavy atom. The molecule has 1 heterocycles. The molecular formula is C17H25ClN2O7S. The second kappa shape index (κ2) is 10.2. The van der Waals surface area contributed by atoms with Gasteiger partial charge in [0.15, 0.2) is 0 Å². The lowest BCUT2D eigenvalue weighted by Crippen LogP contribution is -2.48. The molecule has 0 atom stereocenters. The summed E-state index contributed by atoms with van der Waals surface area (Å²) < 4.78 is 27.1. The molecule has 3 N–H and O–H groups in total. The maximum absolute atomic E-state index is 12.9. The second-order valence-corrected chi connectivity index (χ2v) is 9.17. The van der Waals surface area contributed by atoms with E-state index in [0.717, 1.165) is 6.07 Å². The Morgan fingerprint density at radius 2 is 1.86 bits per heavy atom. The summed E-state index contributed by atoms with van der Waals surface area (Å²) in [6, 6.07) is 3.65. The second-order valence-electron chi connectivity index (χ2n) is 6.86. The van der Waals surface area contributed by atoms with E-state index in [-0.39, 0.29) is 47.1 Å². The summed E-state index contributed by atoms with van der Waals surface area (Å²) in [7, 11) is -0.0640. The van der Waals surface area contributed by atoms with E-state index in [2.05, 4.69) is 0 Å². The highest BCUT2D eigenvalue weighted by Crippen LogP contribution is 2.35. The molecule has 1 aromatic carbocycles. The topological polar surface area (TPSA) is 135 Å². The van der Waals surface area contributed by atoms with Gasteiger partial charge in [-0.25, -0.2) is 13.2 Å². The third-order valence-electron chi connectivity index (χ3n) is 4.57. The highest BCUT2D eigenvalue weighted by molar-refractivity contribution is 7.89. The molecule has 158 valence electrons. The van der Waals surface area contributed by atoms with Gasteiger partial charge < -0.3 is 20.2 Å². The number of rotatable bonds is 6. The van der Waals surface area contributed by atoms with E-state index in [4.69, 9.17) is 26.6 Å². The van der Waals surface area contributed by atoms with Crippen LogP contribution < -0.4 is 0 Å². The van der Waals surface area contributed by atoms with Crippen molar-refractivity contribution in [1.82, 2.24) is 9.21 Å². The molecule has 1 fully saturated rings. The summed E-state index contributed by atoms with van der Waals surface area (Å²) in [5.74, 6) is -1.21. The summed E-state index contributed by atoms with van der Waals surface area (Å²) >= 11 is 6.01. The summed E-state index contributed by atoms with van der Waals surface area (Å²) in [6.07, 6.45) is 1.05. The maximum Gasteiger partial charge on any atom is 0.335 e. The van der Waals surface area contributed by atoms with Crippen molar-refractivity contribution in [2.75, 3.05) is 40.3 Å². The first-order valence-corrected chi connectivity index (χ1v) is 10.2. The molecule has 0 radical (unpaired) electrons. The third-order valence-corrected chi connectivity index (χ3v) is 6.95. The number of carboxylic acid groups (broad SMARTS) is 2. The molecule has 0 saturated carbocycles. The van der Waals surface area contributed by atoms with Crippen molar-refractivity contribution in [3.05, 3.63) is 28.8 Å². The summed E-state index contributed by atoms with van der Waals surface area (Å²) in [5.41, 5.74) is -0.459. The lowest BCUT2D eigenvalue weighted by molar-refractivity contribution is -0.122. The highest BCUT2D eigenvalue weighted by atomic mass is 35.5. The van der Waals surface area contributed by atoms with Gasteiger partial charge in [0.05, 0.1) is 17.2 Å². The number of carboxylic acids is 1. The number of nitrogens with zero attached hydrogens (tertiary/aromatic N) is 2. The van der Waals surface area contributed by atoms with Crippen molar-refractivity contribution in [3.63, 3.8) is 0 Å². The van der Waals surface area contributed by atoms with Gasteiger partial charge in [0.25, 0.3) is 6.47 Å². The highest BCUT2D eigenvalue weighted by Gasteiger charge is 2.39. The Bertz CT molecular complexity index is 791. The van der Waals surface area contributed by atoms with Crippen molar-refractivity contribution >= 4 is 34.1 Å². The number of sulfonamides is 1. The Balaban J connectivity index is 0.00000122. The first kappa shape index (κ1) is 24.3. The van der Waals surface area contributed by atoms with Crippen molar-refractivity contribution in [3.8, 4) is 0 Å². The molecule has 11 heteroatoms. The summed E-state index contributed by atoms with van der Waals surface area (Å²) in [5, 5.41) is 25.7. The lowest BCUT2D eigenvalue weighted by atomic mass is 9.79. The smallest absolute Gasteiger partial charge is 0.335 e. The van der Waals surface area contributed by atoms with Gasteiger partial charge in [-0.3, -0.25) is 4.79 Å². The molecule has 0 aliphatic carbocycles. The minimum absolute atomic E-state index is 0.00251. The average Bonchev–Trinajstić information content (AvgIpc) is 2.62. The number of hydrogen-bond donors (Lipinski definition) is 3. The molecule has 2 rings (SSSR count). The zero-order chi connectivity index (χ0) is 21.5. The fourth-order valence-electron chi connectivity index (χ4n) is 3.21. The Labute approximate surface area is 169 Å². The Hall–Kier alpha value is -1.72. The lowest BCUT2D eigenvalue weighted by Gasteiger charge is -2.41. The van der Waals surface area contributed by atoms with Crippen molar-refractivity contribution in [2.24, 2.45) is 5.41 Å². The number of aliphatic hydroxyl groups is 1. The quantitative estimate of drug-likeness (QED) is 0.563. The number of carbonyl (C=O) groups is 2. The minimum atomic E-state index is -3.89. The third kappa shape index (κ3) is 5.89. The molecule has 1 aromatic rings. The van der Waals surface area contributed by atoms with Crippen LogP contribution in [0.15, 0.2) is 23.1 Å². The van der Waals surface area contributed by atoms with Crippen LogP contribution >= 0.6 is 11.6 Å². The molecule has 1 saturated heterocycles. The molecule has 0 aromatic heterocycles. The number of benzene rings is 1. The van der Waals surface area contributed by atoms with Crippen LogP contribution in [0.4, 0.5) is 0 Å². The number of halogens is 1. The standard InChI is InChI=1S/C16H23ClN2O5S.CH2O2/c1-18(2)10-16(11-20)5-7-19(8-6-16)25(23,24)14-9-12(15(21)22)3-4-13(14)17;2-1-3/h3-4,9,20H,5-8,10-11H2,1-2H3,(H,21,22);1H,(H,2,3). The molecule has 1 aliphatic rings. The van der Waals surface area contributed by atoms with E-state index in [9.17, 15) is 18.3 Å². The van der Waals surface area contributed by atoms with Crippen molar-refractivity contribution in [1.29, 1.82) is 0 Å². The van der Waals surface area contributed by atoms with Crippen molar-refractivity contribution in [2.45, 2.75) is 17.7 Å². The normalized spacial score (nSPS) is 16.9. The van der Waals surface area contributed by atoms with Crippen LogP contribution in [-0.4, -0.2) is 85.7 Å². The molecule has 28 heavy (non-hydrogen) atoms. The summed E-state index contributed by atoms with van der Waals surface area (Å²) in [6.45, 7) is 0.926. The van der Waals surface area contributed by atoms with Gasteiger partial charge in [0.1, 0.15) is 4.90 Å². The van der Waals surface area contributed by atoms with Crippen LogP contribution in [0.3, 0.4) is 0 Å². The van der Waals surface area contributed by atoms with E-state index in [1.54, 1.807) is 0 Å². The van der Waals surface area contributed by atoms with Gasteiger partial charge in [-0.15, -0.1) is 0 Å². The van der Waals surface area contributed by atoms with Crippen LogP contribution in [0.25, 0.3) is 0 Å². The SMILES string of the molecule is CN(C)CC1(CO)CCN(S(=O)(=O)c2cc(C(=O)O)ccc2Cl)CC1.O=CO. The number of aromatic carboxylic acids is 1. The van der Waals surface area contributed by atoms with Crippen LogP contribution in [0.2, 0.25) is 5.02 Å². The van der Waals surface area contributed by atoms with E-state index in [0.29, 0.717) is 19.4 Å². The van der Waals surface area contributed by atoms with Gasteiger partial charge in [0, 0.05) is 25.0 Å². The number of piperidine rings is 1.